The summed E-state index contributed by atoms with van der Waals surface area (Å²) >= 11 is 0. The zero-order chi connectivity index (χ0) is 20.6. The summed E-state index contributed by atoms with van der Waals surface area (Å²) in [5, 5.41) is 15.0. The molecule has 0 atom stereocenters. The average Bonchev–Trinajstić information content (AvgIpc) is 2.65. The van der Waals surface area contributed by atoms with Crippen LogP contribution in [0.5, 0.6) is 5.75 Å². The van der Waals surface area contributed by atoms with Gasteiger partial charge in [0.1, 0.15) is 5.75 Å². The van der Waals surface area contributed by atoms with Crippen LogP contribution in [0.4, 0.5) is 0 Å². The standard InChI is InChI=1S/C23H30N2O3/c1-23(2,3)19-11-8-17(9-12-19)10-13-21(27)24-14-5-15-25-22(28)18-6-4-7-20(26)16-18/h4,6-9,11-12,16,26H,5,10,13-15H2,1-3H3,(H,24,27)(H,25,28). The third-order valence-corrected chi connectivity index (χ3v) is 4.53. The van der Waals surface area contributed by atoms with E-state index in [0.29, 0.717) is 37.9 Å². The molecule has 0 saturated heterocycles. The molecule has 0 aliphatic heterocycles. The number of carbonyl (C=O) groups excluding carboxylic acids is 2. The normalized spacial score (nSPS) is 11.1. The van der Waals surface area contributed by atoms with E-state index >= 15 is 0 Å². The van der Waals surface area contributed by atoms with E-state index in [2.05, 4.69) is 55.7 Å². The number of benzene rings is 2. The number of aromatic hydroxyl groups is 1. The van der Waals surface area contributed by atoms with Crippen molar-refractivity contribution >= 4 is 11.8 Å². The van der Waals surface area contributed by atoms with Crippen LogP contribution in [-0.4, -0.2) is 30.0 Å². The second-order valence-electron chi connectivity index (χ2n) is 7.96. The molecule has 0 bridgehead atoms. The van der Waals surface area contributed by atoms with Crippen LogP contribution in [0, 0.1) is 0 Å². The molecule has 0 aliphatic carbocycles. The zero-order valence-electron chi connectivity index (χ0n) is 16.9. The van der Waals surface area contributed by atoms with Gasteiger partial charge in [0, 0.05) is 25.1 Å². The Kier molecular flexibility index (Phi) is 7.61. The van der Waals surface area contributed by atoms with Gasteiger partial charge in [-0.3, -0.25) is 9.59 Å². The molecule has 0 saturated carbocycles. The highest BCUT2D eigenvalue weighted by Crippen LogP contribution is 2.22. The predicted molar refractivity (Wildman–Crippen MR) is 112 cm³/mol. The summed E-state index contributed by atoms with van der Waals surface area (Å²) < 4.78 is 0. The Labute approximate surface area is 167 Å². The van der Waals surface area contributed by atoms with Gasteiger partial charge < -0.3 is 15.7 Å². The minimum atomic E-state index is -0.235. The molecule has 0 spiro atoms. The van der Waals surface area contributed by atoms with Gasteiger partial charge in [0.25, 0.3) is 5.91 Å². The Morgan fingerprint density at radius 3 is 2.29 bits per heavy atom. The first-order valence-corrected chi connectivity index (χ1v) is 9.69. The molecule has 3 N–H and O–H groups in total. The molecule has 2 aromatic carbocycles. The van der Waals surface area contributed by atoms with E-state index in [-0.39, 0.29) is 23.0 Å². The first-order valence-electron chi connectivity index (χ1n) is 9.69. The molecule has 0 heterocycles. The van der Waals surface area contributed by atoms with Crippen LogP contribution < -0.4 is 10.6 Å². The molecule has 150 valence electrons. The SMILES string of the molecule is CC(C)(C)c1ccc(CCC(=O)NCCCNC(=O)c2cccc(O)c2)cc1. The summed E-state index contributed by atoms with van der Waals surface area (Å²) in [6.45, 7) is 7.52. The minimum Gasteiger partial charge on any atom is -0.508 e. The fraction of sp³-hybridized carbons (Fsp3) is 0.391. The van der Waals surface area contributed by atoms with E-state index in [4.69, 9.17) is 0 Å². The van der Waals surface area contributed by atoms with Crippen molar-refractivity contribution in [3.05, 3.63) is 65.2 Å². The largest absolute Gasteiger partial charge is 0.508 e. The zero-order valence-corrected chi connectivity index (χ0v) is 16.9. The van der Waals surface area contributed by atoms with E-state index in [1.165, 1.54) is 17.7 Å². The Morgan fingerprint density at radius 1 is 0.964 bits per heavy atom. The van der Waals surface area contributed by atoms with Gasteiger partial charge in [-0.15, -0.1) is 0 Å². The molecule has 2 rings (SSSR count). The number of aryl methyl sites for hydroxylation is 1. The van der Waals surface area contributed by atoms with Crippen LogP contribution in [0.3, 0.4) is 0 Å². The molecule has 2 aromatic rings. The van der Waals surface area contributed by atoms with Crippen LogP contribution in [0.1, 0.15) is 55.1 Å². The maximum absolute atomic E-state index is 12.0. The second kappa shape index (κ2) is 9.93. The van der Waals surface area contributed by atoms with Crippen molar-refractivity contribution in [2.24, 2.45) is 0 Å². The van der Waals surface area contributed by atoms with Crippen molar-refractivity contribution in [1.29, 1.82) is 0 Å². The Morgan fingerprint density at radius 2 is 1.64 bits per heavy atom. The van der Waals surface area contributed by atoms with Crippen molar-refractivity contribution in [3.63, 3.8) is 0 Å². The summed E-state index contributed by atoms with van der Waals surface area (Å²) in [6, 6.07) is 14.6. The lowest BCUT2D eigenvalue weighted by atomic mass is 9.86. The fourth-order valence-corrected chi connectivity index (χ4v) is 2.78. The lowest BCUT2D eigenvalue weighted by Crippen LogP contribution is -2.30. The molecule has 5 nitrogen and oxygen atoms in total. The van der Waals surface area contributed by atoms with Gasteiger partial charge in [-0.25, -0.2) is 0 Å². The van der Waals surface area contributed by atoms with Crippen molar-refractivity contribution < 1.29 is 14.7 Å². The predicted octanol–water partition coefficient (Wildman–Crippen LogP) is 3.56. The van der Waals surface area contributed by atoms with Crippen molar-refractivity contribution in [2.75, 3.05) is 13.1 Å². The smallest absolute Gasteiger partial charge is 0.251 e. The molecule has 2 amide bonds. The molecule has 0 fully saturated rings. The van der Waals surface area contributed by atoms with Crippen LogP contribution in [0.15, 0.2) is 48.5 Å². The lowest BCUT2D eigenvalue weighted by Gasteiger charge is -2.19. The maximum Gasteiger partial charge on any atom is 0.251 e. The summed E-state index contributed by atoms with van der Waals surface area (Å²) in [5.74, 6) is -0.159. The third kappa shape index (κ3) is 7.06. The van der Waals surface area contributed by atoms with Gasteiger partial charge in [0.15, 0.2) is 0 Å². The Bertz CT molecular complexity index is 792. The molecule has 5 heteroatoms. The summed E-state index contributed by atoms with van der Waals surface area (Å²) in [5.41, 5.74) is 2.99. The summed E-state index contributed by atoms with van der Waals surface area (Å²) in [6.07, 6.45) is 1.81. The van der Waals surface area contributed by atoms with Crippen LogP contribution in [-0.2, 0) is 16.6 Å². The summed E-state index contributed by atoms with van der Waals surface area (Å²) in [7, 11) is 0. The molecule has 28 heavy (non-hydrogen) atoms. The third-order valence-electron chi connectivity index (χ3n) is 4.53. The van der Waals surface area contributed by atoms with Gasteiger partial charge in [-0.1, -0.05) is 51.1 Å². The Balaban J connectivity index is 1.62. The van der Waals surface area contributed by atoms with Crippen LogP contribution in [0.25, 0.3) is 0 Å². The maximum atomic E-state index is 12.0. The van der Waals surface area contributed by atoms with Gasteiger partial charge in [0.2, 0.25) is 5.91 Å². The topological polar surface area (TPSA) is 78.4 Å². The van der Waals surface area contributed by atoms with Gasteiger partial charge in [-0.05, 0) is 47.6 Å². The number of phenolic OH excluding ortho intramolecular Hbond substituents is 1. The number of phenols is 1. The molecular formula is C23H30N2O3. The van der Waals surface area contributed by atoms with E-state index in [9.17, 15) is 14.7 Å². The molecular weight excluding hydrogens is 352 g/mol. The van der Waals surface area contributed by atoms with E-state index in [1.54, 1.807) is 12.1 Å². The van der Waals surface area contributed by atoms with Crippen LogP contribution in [0.2, 0.25) is 0 Å². The van der Waals surface area contributed by atoms with E-state index in [1.807, 2.05) is 0 Å². The monoisotopic (exact) mass is 382 g/mol. The summed E-state index contributed by atoms with van der Waals surface area (Å²) in [4.78, 5) is 23.9. The highest BCUT2D eigenvalue weighted by Gasteiger charge is 2.13. The highest BCUT2D eigenvalue weighted by atomic mass is 16.3. The van der Waals surface area contributed by atoms with E-state index in [0.717, 1.165) is 5.56 Å². The number of carbonyl (C=O) groups is 2. The minimum absolute atomic E-state index is 0.0132. The Hall–Kier alpha value is -2.82. The fourth-order valence-electron chi connectivity index (χ4n) is 2.78. The van der Waals surface area contributed by atoms with Gasteiger partial charge >= 0.3 is 0 Å². The number of nitrogens with one attached hydrogen (secondary N) is 2. The van der Waals surface area contributed by atoms with Crippen molar-refractivity contribution in [1.82, 2.24) is 10.6 Å². The molecule has 0 radical (unpaired) electrons. The lowest BCUT2D eigenvalue weighted by molar-refractivity contribution is -0.121. The van der Waals surface area contributed by atoms with Gasteiger partial charge in [0.05, 0.1) is 0 Å². The number of rotatable bonds is 8. The molecule has 0 aliphatic rings. The van der Waals surface area contributed by atoms with E-state index < -0.39 is 0 Å². The quantitative estimate of drug-likeness (QED) is 0.611. The van der Waals surface area contributed by atoms with Crippen molar-refractivity contribution in [3.8, 4) is 5.75 Å². The highest BCUT2D eigenvalue weighted by molar-refractivity contribution is 5.94. The first-order chi connectivity index (χ1) is 13.3. The molecule has 0 aromatic heterocycles. The van der Waals surface area contributed by atoms with Crippen LogP contribution >= 0.6 is 0 Å². The molecule has 0 unspecified atom stereocenters. The van der Waals surface area contributed by atoms with Gasteiger partial charge in [-0.2, -0.15) is 0 Å². The average molecular weight is 383 g/mol. The first kappa shape index (κ1) is 21.5. The number of hydrogen-bond acceptors (Lipinski definition) is 3. The van der Waals surface area contributed by atoms with Crippen molar-refractivity contribution in [2.45, 2.75) is 45.4 Å². The number of hydrogen-bond donors (Lipinski definition) is 3. The number of amides is 2. The second-order valence-corrected chi connectivity index (χ2v) is 7.96.